The van der Waals surface area contributed by atoms with Crippen LogP contribution in [-0.4, -0.2) is 25.0 Å². The van der Waals surface area contributed by atoms with Crippen LogP contribution in [0.5, 0.6) is 0 Å². The molecule has 6 heteroatoms. The van der Waals surface area contributed by atoms with Crippen LogP contribution in [0.15, 0.2) is 187 Å². The Morgan fingerprint density at radius 1 is 0.483 bits per heavy atom. The van der Waals surface area contributed by atoms with Crippen LogP contribution < -0.4 is 15.7 Å². The number of hydrogen-bond donors (Lipinski definition) is 1. The lowest BCUT2D eigenvalue weighted by Gasteiger charge is -2.42. The summed E-state index contributed by atoms with van der Waals surface area (Å²) in [6, 6.07) is 54.2. The van der Waals surface area contributed by atoms with Crippen molar-refractivity contribution in [2.45, 2.75) is 420 Å². The lowest BCUT2D eigenvalue weighted by Crippen LogP contribution is -2.36. The highest BCUT2D eigenvalue weighted by atomic mass is 16.5. The lowest BCUT2D eigenvalue weighted by atomic mass is 9.53. The van der Waals surface area contributed by atoms with Crippen LogP contribution in [0.2, 0.25) is 12.6 Å². The van der Waals surface area contributed by atoms with Gasteiger partial charge < -0.3 is 19.5 Å². The molecule has 2 unspecified atom stereocenters. The molecule has 0 bridgehead atoms. The molecule has 0 radical (unpaired) electrons. The fourth-order valence-electron chi connectivity index (χ4n) is 22.4. The number of fused-ring (bicyclic) bond motifs is 6. The van der Waals surface area contributed by atoms with E-state index in [0.717, 1.165) is 25.5 Å². The van der Waals surface area contributed by atoms with E-state index < -0.39 is 0 Å². The minimum atomic E-state index is -0.294. The van der Waals surface area contributed by atoms with Crippen molar-refractivity contribution in [3.05, 3.63) is 232 Å². The quantitative estimate of drug-likeness (QED) is 0.0234. The van der Waals surface area contributed by atoms with Gasteiger partial charge in [0.15, 0.2) is 0 Å². The van der Waals surface area contributed by atoms with Crippen molar-refractivity contribution < 1.29 is 9.31 Å². The molecule has 0 aromatic heterocycles. The maximum absolute atomic E-state index is 7.26. The van der Waals surface area contributed by atoms with Gasteiger partial charge in [0.1, 0.15) is 0 Å². The molecule has 650 valence electrons. The van der Waals surface area contributed by atoms with Crippen molar-refractivity contribution in [2.24, 2.45) is 16.7 Å². The highest BCUT2D eigenvalue weighted by Crippen LogP contribution is 2.62. The van der Waals surface area contributed by atoms with Gasteiger partial charge in [-0.2, -0.15) is 0 Å². The van der Waals surface area contributed by atoms with Gasteiger partial charge in [0.25, 0.3) is 0 Å². The van der Waals surface area contributed by atoms with Crippen LogP contribution >= 0.6 is 0 Å². The molecule has 0 saturated carbocycles. The van der Waals surface area contributed by atoms with Crippen LogP contribution in [0, 0.1) is 23.7 Å². The van der Waals surface area contributed by atoms with Crippen molar-refractivity contribution in [1.82, 2.24) is 0 Å². The molecule has 4 nitrogen and oxygen atoms in total. The highest BCUT2D eigenvalue weighted by Gasteiger charge is 2.55. The SMILES string of the molecule is CCCCCCCCC(CCCCCCCC)(c1cccc(N(C2=CC=CC3C2c2ccccc2C3(CCCCCCCC)CCCCCCCC)c2ccc(B3CC(C)(C)C(C)(C)O3)cc2)c1)c1cc(\C=C/C(=C\C=C\Nc2cccc3c2-c2ccccc2C3(CCCCCCCC)CCCCCCCC)B2CC(C)(C)C(C)(C)O2)ccc1C. The predicted molar refractivity (Wildman–Crippen MR) is 528 cm³/mol. The first-order chi connectivity index (χ1) is 58.2. The van der Waals surface area contributed by atoms with Gasteiger partial charge in [0, 0.05) is 56.7 Å². The molecule has 6 aromatic carbocycles. The molecule has 5 aliphatic rings. The summed E-state index contributed by atoms with van der Waals surface area (Å²) >= 11 is 0. The lowest BCUT2D eigenvalue weighted by molar-refractivity contribution is 0.0371. The van der Waals surface area contributed by atoms with Gasteiger partial charge >= 0.3 is 13.8 Å². The molecular weight excluding hydrogens is 1450 g/mol. The number of nitrogens with one attached hydrogen (secondary N) is 1. The number of unbranched alkanes of at least 4 members (excludes halogenated alkanes) is 30. The van der Waals surface area contributed by atoms with Gasteiger partial charge in [0.2, 0.25) is 0 Å². The van der Waals surface area contributed by atoms with E-state index in [9.17, 15) is 0 Å². The zero-order valence-corrected chi connectivity index (χ0v) is 79.0. The normalized spacial score (nSPS) is 18.4. The number of anilines is 3. The van der Waals surface area contributed by atoms with Crippen molar-refractivity contribution in [1.29, 1.82) is 0 Å². The summed E-state index contributed by atoms with van der Waals surface area (Å²) in [7, 11) is 0. The Kier molecular flexibility index (Phi) is 35.8. The van der Waals surface area contributed by atoms with E-state index in [2.05, 4.69) is 296 Å². The Balaban J connectivity index is 1.00. The first kappa shape index (κ1) is 94.3. The van der Waals surface area contributed by atoms with Gasteiger partial charge in [-0.25, -0.2) is 0 Å². The number of rotatable bonds is 54. The third kappa shape index (κ3) is 22.8. The summed E-state index contributed by atoms with van der Waals surface area (Å²) in [5, 5.41) is 3.96. The average Bonchev–Trinajstić information content (AvgIpc) is 1.55. The van der Waals surface area contributed by atoms with Gasteiger partial charge in [-0.3, -0.25) is 0 Å². The van der Waals surface area contributed by atoms with Crippen molar-refractivity contribution >= 4 is 42.4 Å². The van der Waals surface area contributed by atoms with Crippen LogP contribution in [0.3, 0.4) is 0 Å². The molecule has 2 aliphatic heterocycles. The Morgan fingerprint density at radius 2 is 0.992 bits per heavy atom. The monoisotopic (exact) mass is 1620 g/mol. The number of hydrogen-bond acceptors (Lipinski definition) is 4. The van der Waals surface area contributed by atoms with Crippen molar-refractivity contribution in [3.63, 3.8) is 0 Å². The van der Waals surface area contributed by atoms with E-state index in [1.165, 1.54) is 329 Å². The Labute approximate surface area is 736 Å². The standard InChI is InChI=1S/C114H166B2N2O2/c1-16-22-28-34-40-50-79-112(80-51-41-35-29-23-17-2,92-60-56-62-96(87-92)118(95-77-75-94(76-78-95)116-89-109(10,11)111(14,15)120-116)105-70-58-68-102-107(105)98-64-47-49-66-100(98)114(102,83-54-44-38-32-26-20-5)84-55-45-39-33-27-21-6)103-86-91(72-71-90(103)7)73-74-93(115-88-108(8,9)110(12,13)119-115)61-59-85-117-104-69-57-67-101-106(104)97-63-46-48-65-99(97)113(101,81-52-42-36-30-24-18-3)82-53-43-37-31-25-19-4/h46-49,56-78,85-87,102,107,117H,16-45,50-55,79-84,88-89H2,1-15H3/b74-73-,85-59+,93-61+. The number of nitrogens with zero attached hydrogens (tertiary/aromatic N) is 1. The van der Waals surface area contributed by atoms with Crippen molar-refractivity contribution in [2.75, 3.05) is 10.2 Å². The van der Waals surface area contributed by atoms with E-state index in [4.69, 9.17) is 9.31 Å². The molecule has 2 saturated heterocycles. The summed E-state index contributed by atoms with van der Waals surface area (Å²) in [6.07, 6.45) is 75.5. The van der Waals surface area contributed by atoms with Crippen LogP contribution in [0.1, 0.15) is 417 Å². The van der Waals surface area contributed by atoms with Crippen LogP contribution in [0.25, 0.3) is 17.2 Å². The second kappa shape index (κ2) is 45.5. The third-order valence-electron chi connectivity index (χ3n) is 31.0. The highest BCUT2D eigenvalue weighted by molar-refractivity contribution is 6.68. The molecule has 2 atom stereocenters. The Bertz CT molecular complexity index is 4190. The maximum Gasteiger partial charge on any atom is 0.327 e. The second-order valence-corrected chi connectivity index (χ2v) is 40.7. The molecule has 1 N–H and O–H groups in total. The first-order valence-corrected chi connectivity index (χ1v) is 50.2. The first-order valence-electron chi connectivity index (χ1n) is 50.2. The molecule has 120 heavy (non-hydrogen) atoms. The van der Waals surface area contributed by atoms with Gasteiger partial charge in [-0.1, -0.05) is 434 Å². The number of aryl methyl sites for hydroxylation is 1. The smallest absolute Gasteiger partial charge is 0.327 e. The topological polar surface area (TPSA) is 33.7 Å². The minimum Gasteiger partial charge on any atom is -0.426 e. The minimum absolute atomic E-state index is 0.0166. The van der Waals surface area contributed by atoms with Crippen LogP contribution in [-0.2, 0) is 25.6 Å². The average molecular weight is 1620 g/mol. The molecule has 2 fully saturated rings. The molecular formula is C114H166B2N2O2. The zero-order valence-electron chi connectivity index (χ0n) is 79.0. The Hall–Kier alpha value is -6.33. The van der Waals surface area contributed by atoms with E-state index in [1.807, 2.05) is 0 Å². The van der Waals surface area contributed by atoms with E-state index in [1.54, 1.807) is 16.7 Å². The number of benzene rings is 6. The summed E-state index contributed by atoms with van der Waals surface area (Å²) in [5.74, 6) is 0.562. The Morgan fingerprint density at radius 3 is 1.55 bits per heavy atom. The number of allylic oxidation sites excluding steroid dienone is 8. The molecule has 0 amide bonds. The molecule has 0 spiro atoms. The third-order valence-corrected chi connectivity index (χ3v) is 31.0. The van der Waals surface area contributed by atoms with E-state index in [0.29, 0.717) is 5.92 Å². The summed E-state index contributed by atoms with van der Waals surface area (Å²) in [5.41, 5.74) is 21.7. The predicted octanol–water partition coefficient (Wildman–Crippen LogP) is 34.3. The van der Waals surface area contributed by atoms with E-state index in [-0.39, 0.29) is 58.0 Å². The maximum atomic E-state index is 7.26. The van der Waals surface area contributed by atoms with Crippen molar-refractivity contribution in [3.8, 4) is 11.1 Å². The summed E-state index contributed by atoms with van der Waals surface area (Å²) < 4.78 is 14.3. The second-order valence-electron chi connectivity index (χ2n) is 40.7. The summed E-state index contributed by atoms with van der Waals surface area (Å²) in [4.78, 5) is 2.77. The fraction of sp³-hybridized carbons (Fsp3) is 0.596. The van der Waals surface area contributed by atoms with Gasteiger partial charge in [-0.15, -0.1) is 0 Å². The van der Waals surface area contributed by atoms with E-state index >= 15 is 0 Å². The van der Waals surface area contributed by atoms with Gasteiger partial charge in [0.05, 0.1) is 11.2 Å². The molecule has 6 aromatic rings. The van der Waals surface area contributed by atoms with Gasteiger partial charge in [-0.05, 0) is 206 Å². The summed E-state index contributed by atoms with van der Waals surface area (Å²) in [6.45, 7) is 35.4. The molecule has 11 rings (SSSR count). The fourth-order valence-corrected chi connectivity index (χ4v) is 22.4. The largest absolute Gasteiger partial charge is 0.426 e. The molecule has 3 aliphatic carbocycles. The zero-order chi connectivity index (χ0) is 85.1. The van der Waals surface area contributed by atoms with Crippen LogP contribution in [0.4, 0.5) is 17.1 Å². The molecule has 2 heterocycles.